The number of rotatable bonds is 2. The van der Waals surface area contributed by atoms with Crippen LogP contribution >= 0.6 is 0 Å². The number of carbonyl (C=O) groups excluding carboxylic acids is 1. The molecule has 0 saturated heterocycles. The molecule has 0 radical (unpaired) electrons. The number of nitrogens with one attached hydrogen (secondary N) is 1. The predicted octanol–water partition coefficient (Wildman–Crippen LogP) is 1.31. The molecule has 0 unspecified atom stereocenters. The molecule has 1 aliphatic rings. The maximum absolute atomic E-state index is 10.7. The first kappa shape index (κ1) is 6.59. The second kappa shape index (κ2) is 2.85. The van der Waals surface area contributed by atoms with Gasteiger partial charge in [-0.15, -0.1) is 0 Å². The van der Waals surface area contributed by atoms with Crippen LogP contribution in [0.2, 0.25) is 0 Å². The number of amides is 1. The van der Waals surface area contributed by atoms with E-state index < -0.39 is 0 Å². The van der Waals surface area contributed by atoms with Crippen LogP contribution in [0.15, 0.2) is 0 Å². The summed E-state index contributed by atoms with van der Waals surface area (Å²) in [5, 5.41) is 2.93. The molecule has 1 N–H and O–H groups in total. The van der Waals surface area contributed by atoms with Gasteiger partial charge >= 0.3 is 0 Å². The summed E-state index contributed by atoms with van der Waals surface area (Å²) in [6, 6.07) is 0.512. The Balaban J connectivity index is 0.000000810. The Hall–Kier alpha value is -0.530. The van der Waals surface area contributed by atoms with Gasteiger partial charge in [-0.25, -0.2) is 0 Å². The van der Waals surface area contributed by atoms with Gasteiger partial charge in [-0.1, -0.05) is 6.92 Å². The molecular formula is C7H15NO. The summed E-state index contributed by atoms with van der Waals surface area (Å²) in [5.74, 6) is 0.194. The first-order chi connectivity index (χ1) is 4.33. The predicted molar refractivity (Wildman–Crippen MR) is 38.2 cm³/mol. The topological polar surface area (TPSA) is 29.1 Å². The second-order valence-corrected chi connectivity index (χ2v) is 2.55. The largest absolute Gasteiger partial charge is 0.353 e. The molecule has 54 valence electrons. The lowest BCUT2D eigenvalue weighted by atomic mass is 9.93. The third kappa shape index (κ3) is 1.70. The van der Waals surface area contributed by atoms with Gasteiger partial charge in [0.2, 0.25) is 5.91 Å². The highest BCUT2D eigenvalue weighted by Gasteiger charge is 2.17. The minimum Gasteiger partial charge on any atom is -0.353 e. The van der Waals surface area contributed by atoms with E-state index in [-0.39, 0.29) is 7.33 Å². The zero-order chi connectivity index (χ0) is 6.69. The summed E-state index contributed by atoms with van der Waals surface area (Å²) in [7, 11) is 0. The van der Waals surface area contributed by atoms with Crippen molar-refractivity contribution in [2.45, 2.75) is 38.6 Å². The van der Waals surface area contributed by atoms with Gasteiger partial charge in [0, 0.05) is 13.9 Å². The van der Waals surface area contributed by atoms with Crippen molar-refractivity contribution < 1.29 is 6.22 Å². The van der Waals surface area contributed by atoms with E-state index in [2.05, 4.69) is 5.32 Å². The van der Waals surface area contributed by atoms with Crippen molar-refractivity contribution in [1.29, 1.82) is 0 Å². The van der Waals surface area contributed by atoms with E-state index in [9.17, 15) is 4.79 Å². The van der Waals surface area contributed by atoms with Crippen molar-refractivity contribution in [3.63, 3.8) is 0 Å². The van der Waals surface area contributed by atoms with E-state index >= 15 is 0 Å². The summed E-state index contributed by atoms with van der Waals surface area (Å²) in [4.78, 5) is 10.7. The fourth-order valence-corrected chi connectivity index (χ4v) is 0.882. The molecule has 1 rings (SSSR count). The van der Waals surface area contributed by atoms with Gasteiger partial charge in [-0.2, -0.15) is 0 Å². The molecule has 2 nitrogen and oxygen atoms in total. The van der Waals surface area contributed by atoms with E-state index in [1.807, 2.05) is 6.92 Å². The quantitative estimate of drug-likeness (QED) is 0.598. The Morgan fingerprint density at radius 2 is 2.44 bits per heavy atom. The van der Waals surface area contributed by atoms with Gasteiger partial charge in [-0.3, -0.25) is 4.79 Å². The van der Waals surface area contributed by atoms with Crippen LogP contribution in [0.3, 0.4) is 0 Å². The van der Waals surface area contributed by atoms with Crippen LogP contribution in [0.25, 0.3) is 0 Å². The van der Waals surface area contributed by atoms with Gasteiger partial charge in [-0.05, 0) is 19.3 Å². The van der Waals surface area contributed by atoms with E-state index in [4.69, 9.17) is 0 Å². The molecule has 9 heavy (non-hydrogen) atoms. The molecule has 0 bridgehead atoms. The molecule has 0 aliphatic heterocycles. The van der Waals surface area contributed by atoms with Crippen LogP contribution < -0.4 is 5.32 Å². The molecule has 0 aromatic rings. The van der Waals surface area contributed by atoms with Crippen molar-refractivity contribution in [1.82, 2.24) is 5.32 Å². The van der Waals surface area contributed by atoms with Crippen LogP contribution in [0.1, 0.15) is 34.0 Å². The molecule has 1 saturated carbocycles. The standard InChI is InChI=1S/C7H13NO.H2/c1-2-7(9)8-6-4-3-5-6;/h6H,2-5H2,1H3,(H,8,9);1H. The summed E-state index contributed by atoms with van der Waals surface area (Å²) in [5.41, 5.74) is 0. The summed E-state index contributed by atoms with van der Waals surface area (Å²) in [6.45, 7) is 1.88. The molecule has 2 heteroatoms. The van der Waals surface area contributed by atoms with Crippen LogP contribution in [-0.2, 0) is 4.79 Å². The van der Waals surface area contributed by atoms with Crippen molar-refractivity contribution >= 4 is 5.91 Å². The van der Waals surface area contributed by atoms with Crippen molar-refractivity contribution in [3.05, 3.63) is 0 Å². The molecule has 0 atom stereocenters. The Kier molecular flexibility index (Phi) is 2.09. The fraction of sp³-hybridized carbons (Fsp3) is 0.857. The molecule has 1 aliphatic carbocycles. The van der Waals surface area contributed by atoms with E-state index in [1.54, 1.807) is 0 Å². The fourth-order valence-electron chi connectivity index (χ4n) is 0.882. The van der Waals surface area contributed by atoms with Gasteiger partial charge in [0.1, 0.15) is 0 Å². The molecule has 1 amide bonds. The molecule has 0 spiro atoms. The van der Waals surface area contributed by atoms with Crippen LogP contribution in [-0.4, -0.2) is 11.9 Å². The molecule has 0 aromatic heterocycles. The Morgan fingerprint density at radius 1 is 1.78 bits per heavy atom. The van der Waals surface area contributed by atoms with Crippen LogP contribution in [0, 0.1) is 0 Å². The zero-order valence-electron chi connectivity index (χ0n) is 5.81. The smallest absolute Gasteiger partial charge is 0.219 e. The highest BCUT2D eigenvalue weighted by molar-refractivity contribution is 5.75. The Bertz CT molecular complexity index is 112. The van der Waals surface area contributed by atoms with Crippen molar-refractivity contribution in [2.75, 3.05) is 0 Å². The van der Waals surface area contributed by atoms with Crippen molar-refractivity contribution in [2.24, 2.45) is 0 Å². The molecule has 0 heterocycles. The van der Waals surface area contributed by atoms with E-state index in [1.165, 1.54) is 19.3 Å². The first-order valence-corrected chi connectivity index (χ1v) is 3.62. The second-order valence-electron chi connectivity index (χ2n) is 2.55. The number of hydrogen-bond acceptors (Lipinski definition) is 1. The number of carbonyl (C=O) groups is 1. The lowest BCUT2D eigenvalue weighted by Crippen LogP contribution is -2.38. The Labute approximate surface area is 57.1 Å². The number of hydrogen-bond donors (Lipinski definition) is 1. The Morgan fingerprint density at radius 3 is 2.78 bits per heavy atom. The van der Waals surface area contributed by atoms with Gasteiger partial charge in [0.05, 0.1) is 0 Å². The third-order valence-corrected chi connectivity index (χ3v) is 1.79. The first-order valence-electron chi connectivity index (χ1n) is 3.62. The average molecular weight is 129 g/mol. The van der Waals surface area contributed by atoms with E-state index in [0.717, 1.165) is 0 Å². The summed E-state index contributed by atoms with van der Waals surface area (Å²) >= 11 is 0. The molecule has 1 fully saturated rings. The monoisotopic (exact) mass is 129 g/mol. The molecule has 0 aromatic carbocycles. The highest BCUT2D eigenvalue weighted by Crippen LogP contribution is 2.17. The van der Waals surface area contributed by atoms with Gasteiger partial charge in [0.15, 0.2) is 0 Å². The normalized spacial score (nSPS) is 18.8. The van der Waals surface area contributed by atoms with Crippen molar-refractivity contribution in [3.8, 4) is 0 Å². The lowest BCUT2D eigenvalue weighted by molar-refractivity contribution is -0.121. The SMILES string of the molecule is CCC(=O)NC1CCC1.[HH]. The van der Waals surface area contributed by atoms with E-state index in [0.29, 0.717) is 12.5 Å². The van der Waals surface area contributed by atoms with Gasteiger partial charge in [0.25, 0.3) is 0 Å². The maximum Gasteiger partial charge on any atom is 0.219 e. The van der Waals surface area contributed by atoms with Crippen LogP contribution in [0.5, 0.6) is 0 Å². The average Bonchev–Trinajstić information content (AvgIpc) is 1.78. The minimum absolute atomic E-state index is 0. The highest BCUT2D eigenvalue weighted by atomic mass is 16.1. The maximum atomic E-state index is 10.7. The minimum atomic E-state index is 0. The molecular weight excluding hydrogens is 114 g/mol. The van der Waals surface area contributed by atoms with Crippen LogP contribution in [0.4, 0.5) is 0 Å². The zero-order valence-corrected chi connectivity index (χ0v) is 5.81. The summed E-state index contributed by atoms with van der Waals surface area (Å²) in [6.07, 6.45) is 4.28. The lowest BCUT2D eigenvalue weighted by Gasteiger charge is -2.25. The summed E-state index contributed by atoms with van der Waals surface area (Å²) < 4.78 is 0. The van der Waals surface area contributed by atoms with Gasteiger partial charge < -0.3 is 5.32 Å². The third-order valence-electron chi connectivity index (χ3n) is 1.79.